The topological polar surface area (TPSA) is 26.3 Å². The van der Waals surface area contributed by atoms with Crippen molar-refractivity contribution in [1.29, 1.82) is 0 Å². The van der Waals surface area contributed by atoms with E-state index in [1.165, 1.54) is 0 Å². The molecule has 0 bridgehead atoms. The Kier molecular flexibility index (Phi) is 4.72. The Hall–Kier alpha value is -2.35. The molecule has 2 aromatic carbocycles. The second-order valence-corrected chi connectivity index (χ2v) is 4.55. The first kappa shape index (κ1) is 14.1. The molecule has 0 aliphatic rings. The number of carbonyl (C=O) groups excluding carboxylic acids is 1. The van der Waals surface area contributed by atoms with Crippen LogP contribution in [-0.2, 0) is 9.53 Å². The second-order valence-electron chi connectivity index (χ2n) is 4.55. The molecule has 0 saturated heterocycles. The number of hydrogen-bond acceptors (Lipinski definition) is 2. The highest BCUT2D eigenvalue weighted by atomic mass is 16.5. The minimum Gasteiger partial charge on any atom is -0.463 e. The average molecular weight is 266 g/mol. The van der Waals surface area contributed by atoms with Crippen molar-refractivity contribution < 1.29 is 9.53 Å². The molecule has 0 fully saturated rings. The number of aryl methyl sites for hydroxylation is 1. The minimum atomic E-state index is -0.312. The van der Waals surface area contributed by atoms with E-state index in [4.69, 9.17) is 4.74 Å². The van der Waals surface area contributed by atoms with Gasteiger partial charge in [-0.2, -0.15) is 0 Å². The van der Waals surface area contributed by atoms with E-state index in [0.717, 1.165) is 22.3 Å². The predicted octanol–water partition coefficient (Wildman–Crippen LogP) is 3.99. The van der Waals surface area contributed by atoms with Crippen LogP contribution in [0.25, 0.3) is 5.57 Å². The lowest BCUT2D eigenvalue weighted by Crippen LogP contribution is -2.02. The monoisotopic (exact) mass is 266 g/mol. The lowest BCUT2D eigenvalue weighted by molar-refractivity contribution is -0.137. The Labute approximate surface area is 119 Å². The van der Waals surface area contributed by atoms with Crippen molar-refractivity contribution in [2.75, 3.05) is 6.61 Å². The summed E-state index contributed by atoms with van der Waals surface area (Å²) in [5, 5.41) is 0. The van der Waals surface area contributed by atoms with Gasteiger partial charge in [-0.1, -0.05) is 60.2 Å². The number of esters is 1. The summed E-state index contributed by atoms with van der Waals surface area (Å²) in [5.74, 6) is -0.312. The second kappa shape index (κ2) is 6.71. The summed E-state index contributed by atoms with van der Waals surface area (Å²) in [4.78, 5) is 11.8. The molecule has 0 aliphatic heterocycles. The van der Waals surface area contributed by atoms with E-state index in [2.05, 4.69) is 6.07 Å². The average Bonchev–Trinajstić information content (AvgIpc) is 2.46. The zero-order chi connectivity index (χ0) is 14.4. The molecule has 102 valence electrons. The van der Waals surface area contributed by atoms with Crippen LogP contribution in [0.3, 0.4) is 0 Å². The third-order valence-corrected chi connectivity index (χ3v) is 2.96. The Bertz CT molecular complexity index is 612. The van der Waals surface area contributed by atoms with Crippen LogP contribution >= 0.6 is 0 Å². The fourth-order valence-corrected chi connectivity index (χ4v) is 2.07. The maximum atomic E-state index is 11.8. The maximum absolute atomic E-state index is 11.8. The van der Waals surface area contributed by atoms with Crippen molar-refractivity contribution >= 4 is 11.5 Å². The highest BCUT2D eigenvalue weighted by molar-refractivity contribution is 5.96. The molecule has 0 aromatic heterocycles. The number of hydrogen-bond donors (Lipinski definition) is 0. The van der Waals surface area contributed by atoms with Gasteiger partial charge >= 0.3 is 5.97 Å². The number of benzene rings is 2. The van der Waals surface area contributed by atoms with Gasteiger partial charge in [0.1, 0.15) is 0 Å². The van der Waals surface area contributed by atoms with Crippen LogP contribution in [0.5, 0.6) is 0 Å². The highest BCUT2D eigenvalue weighted by Crippen LogP contribution is 2.24. The van der Waals surface area contributed by atoms with Crippen LogP contribution in [0.1, 0.15) is 23.6 Å². The number of rotatable bonds is 4. The first-order chi connectivity index (χ1) is 9.70. The summed E-state index contributed by atoms with van der Waals surface area (Å²) >= 11 is 0. The third kappa shape index (κ3) is 3.58. The van der Waals surface area contributed by atoms with Crippen molar-refractivity contribution in [1.82, 2.24) is 0 Å². The molecule has 0 radical (unpaired) electrons. The molecule has 2 heteroatoms. The van der Waals surface area contributed by atoms with E-state index < -0.39 is 0 Å². The standard InChI is InChI=1S/C18H18O2/c1-3-20-18(19)13-17(15-9-5-4-6-10-15)16-11-7-8-14(2)12-16/h4-13H,3H2,1-2H3/b17-13+. The Morgan fingerprint density at radius 3 is 2.40 bits per heavy atom. The molecule has 0 spiro atoms. The van der Waals surface area contributed by atoms with Crippen molar-refractivity contribution in [3.8, 4) is 0 Å². The van der Waals surface area contributed by atoms with E-state index >= 15 is 0 Å². The molecule has 0 unspecified atom stereocenters. The molecule has 0 heterocycles. The lowest BCUT2D eigenvalue weighted by atomic mass is 9.96. The van der Waals surface area contributed by atoms with E-state index in [0.29, 0.717) is 6.61 Å². The first-order valence-corrected chi connectivity index (χ1v) is 6.71. The SMILES string of the molecule is CCOC(=O)/C=C(\c1ccccc1)c1cccc(C)c1. The smallest absolute Gasteiger partial charge is 0.331 e. The van der Waals surface area contributed by atoms with E-state index in [9.17, 15) is 4.79 Å². The molecule has 2 nitrogen and oxygen atoms in total. The molecule has 20 heavy (non-hydrogen) atoms. The number of carbonyl (C=O) groups is 1. The van der Waals surface area contributed by atoms with Crippen LogP contribution in [0.15, 0.2) is 60.7 Å². The van der Waals surface area contributed by atoms with Gasteiger partial charge in [-0.3, -0.25) is 0 Å². The Balaban J connectivity index is 2.47. The molecular weight excluding hydrogens is 248 g/mol. The zero-order valence-electron chi connectivity index (χ0n) is 11.8. The van der Waals surface area contributed by atoms with E-state index in [1.807, 2.05) is 55.5 Å². The largest absolute Gasteiger partial charge is 0.463 e. The van der Waals surface area contributed by atoms with Crippen LogP contribution in [0.4, 0.5) is 0 Å². The van der Waals surface area contributed by atoms with Gasteiger partial charge in [0.25, 0.3) is 0 Å². The van der Waals surface area contributed by atoms with Crippen molar-refractivity contribution in [2.24, 2.45) is 0 Å². The van der Waals surface area contributed by atoms with Gasteiger partial charge in [-0.05, 0) is 30.5 Å². The summed E-state index contributed by atoms with van der Waals surface area (Å²) < 4.78 is 5.03. The van der Waals surface area contributed by atoms with Gasteiger partial charge in [0.2, 0.25) is 0 Å². The van der Waals surface area contributed by atoms with Crippen LogP contribution in [-0.4, -0.2) is 12.6 Å². The molecule has 0 aliphatic carbocycles. The minimum absolute atomic E-state index is 0.312. The van der Waals surface area contributed by atoms with Crippen LogP contribution in [0, 0.1) is 6.92 Å². The molecular formula is C18H18O2. The normalized spacial score (nSPS) is 11.2. The highest BCUT2D eigenvalue weighted by Gasteiger charge is 2.08. The molecule has 0 N–H and O–H groups in total. The van der Waals surface area contributed by atoms with Crippen molar-refractivity contribution in [3.05, 3.63) is 77.4 Å². The predicted molar refractivity (Wildman–Crippen MR) is 81.3 cm³/mol. The summed E-state index contributed by atoms with van der Waals surface area (Å²) in [6.45, 7) is 4.22. The van der Waals surface area contributed by atoms with Crippen LogP contribution in [0.2, 0.25) is 0 Å². The third-order valence-electron chi connectivity index (χ3n) is 2.96. The van der Waals surface area contributed by atoms with Gasteiger partial charge in [-0.25, -0.2) is 4.79 Å². The van der Waals surface area contributed by atoms with Gasteiger partial charge in [0, 0.05) is 6.08 Å². The zero-order valence-corrected chi connectivity index (χ0v) is 11.8. The maximum Gasteiger partial charge on any atom is 0.331 e. The fraction of sp³-hybridized carbons (Fsp3) is 0.167. The van der Waals surface area contributed by atoms with Crippen molar-refractivity contribution in [3.63, 3.8) is 0 Å². The van der Waals surface area contributed by atoms with Gasteiger partial charge in [0.15, 0.2) is 0 Å². The molecule has 0 amide bonds. The molecule has 2 aromatic rings. The molecule has 0 atom stereocenters. The summed E-state index contributed by atoms with van der Waals surface area (Å²) in [5.41, 5.74) is 4.07. The lowest BCUT2D eigenvalue weighted by Gasteiger charge is -2.09. The first-order valence-electron chi connectivity index (χ1n) is 6.71. The van der Waals surface area contributed by atoms with Gasteiger partial charge in [-0.15, -0.1) is 0 Å². The quantitative estimate of drug-likeness (QED) is 0.618. The number of ether oxygens (including phenoxy) is 1. The fourth-order valence-electron chi connectivity index (χ4n) is 2.07. The summed E-state index contributed by atoms with van der Waals surface area (Å²) in [7, 11) is 0. The molecule has 2 rings (SSSR count). The van der Waals surface area contributed by atoms with Gasteiger partial charge in [0.05, 0.1) is 6.61 Å². The Morgan fingerprint density at radius 1 is 1.05 bits per heavy atom. The summed E-state index contributed by atoms with van der Waals surface area (Å²) in [6, 6.07) is 18.0. The summed E-state index contributed by atoms with van der Waals surface area (Å²) in [6.07, 6.45) is 1.56. The Morgan fingerprint density at radius 2 is 1.75 bits per heavy atom. The van der Waals surface area contributed by atoms with E-state index in [-0.39, 0.29) is 5.97 Å². The van der Waals surface area contributed by atoms with Gasteiger partial charge < -0.3 is 4.74 Å². The molecule has 0 saturated carbocycles. The van der Waals surface area contributed by atoms with Crippen LogP contribution < -0.4 is 0 Å². The van der Waals surface area contributed by atoms with Crippen molar-refractivity contribution in [2.45, 2.75) is 13.8 Å². The van der Waals surface area contributed by atoms with E-state index in [1.54, 1.807) is 13.0 Å².